The zero-order chi connectivity index (χ0) is 14.5. The minimum absolute atomic E-state index is 0.0296. The van der Waals surface area contributed by atoms with Crippen LogP contribution in [0.3, 0.4) is 0 Å². The van der Waals surface area contributed by atoms with E-state index in [2.05, 4.69) is 21.6 Å². The van der Waals surface area contributed by atoms with E-state index in [0.717, 1.165) is 23.4 Å². The van der Waals surface area contributed by atoms with Gasteiger partial charge in [-0.25, -0.2) is 0 Å². The lowest BCUT2D eigenvalue weighted by atomic mass is 10.0. The first-order chi connectivity index (χ1) is 9.63. The lowest BCUT2D eigenvalue weighted by Crippen LogP contribution is -2.21. The van der Waals surface area contributed by atoms with Crippen LogP contribution >= 0.6 is 11.3 Å². The Hall–Kier alpha value is -1.75. The average molecular weight is 289 g/mol. The number of carbonyl (C=O) groups excluding carboxylic acids is 1. The number of rotatable bonds is 5. The first-order valence-electron chi connectivity index (χ1n) is 6.85. The maximum Gasteiger partial charge on any atom is 0.229 e. The quantitative estimate of drug-likeness (QED) is 0.908. The minimum atomic E-state index is 0.0296. The highest BCUT2D eigenvalue weighted by Gasteiger charge is 2.16. The molecule has 0 aliphatic carbocycles. The summed E-state index contributed by atoms with van der Waals surface area (Å²) in [6.07, 6.45) is 1.68. The Bertz CT molecular complexity index is 590. The van der Waals surface area contributed by atoms with Crippen LogP contribution < -0.4 is 5.32 Å². The van der Waals surface area contributed by atoms with Gasteiger partial charge in [0.25, 0.3) is 0 Å². The number of carbonyl (C=O) groups is 1. The number of anilines is 1. The van der Waals surface area contributed by atoms with Crippen molar-refractivity contribution in [1.29, 1.82) is 0 Å². The summed E-state index contributed by atoms with van der Waals surface area (Å²) in [5.74, 6) is 0.0725. The van der Waals surface area contributed by atoms with Gasteiger partial charge in [0.05, 0.1) is 0 Å². The Morgan fingerprint density at radius 2 is 2.05 bits per heavy atom. The molecule has 0 bridgehead atoms. The van der Waals surface area contributed by atoms with Gasteiger partial charge in [0.15, 0.2) is 0 Å². The predicted molar refractivity (Wildman–Crippen MR) is 82.8 cm³/mol. The highest BCUT2D eigenvalue weighted by atomic mass is 32.1. The number of aromatic nitrogens is 2. The fourth-order valence-electron chi connectivity index (χ4n) is 2.04. The minimum Gasteiger partial charge on any atom is -0.300 e. The van der Waals surface area contributed by atoms with Crippen molar-refractivity contribution in [2.24, 2.45) is 5.92 Å². The van der Waals surface area contributed by atoms with Gasteiger partial charge in [0.1, 0.15) is 5.01 Å². The standard InChI is InChI=1S/C15H19N3OS/c1-4-11(5-2)13(19)16-15-18-17-14(20-15)12-8-6-7-10(3)9-12/h6-9,11H,4-5H2,1-3H3,(H,16,18,19). The molecule has 1 amide bonds. The molecule has 20 heavy (non-hydrogen) atoms. The van der Waals surface area contributed by atoms with Crippen LogP contribution in [0.5, 0.6) is 0 Å². The zero-order valence-corrected chi connectivity index (χ0v) is 12.8. The SMILES string of the molecule is CCC(CC)C(=O)Nc1nnc(-c2cccc(C)c2)s1. The topological polar surface area (TPSA) is 54.9 Å². The Balaban J connectivity index is 2.11. The molecule has 106 valence electrons. The Labute approximate surface area is 123 Å². The third kappa shape index (κ3) is 3.42. The molecule has 5 heteroatoms. The van der Waals surface area contributed by atoms with Gasteiger partial charge in [-0.2, -0.15) is 0 Å². The van der Waals surface area contributed by atoms with Gasteiger partial charge in [-0.1, -0.05) is 48.9 Å². The number of hydrogen-bond donors (Lipinski definition) is 1. The van der Waals surface area contributed by atoms with Crippen LogP contribution in [0.25, 0.3) is 10.6 Å². The molecular formula is C15H19N3OS. The normalized spacial score (nSPS) is 10.8. The van der Waals surface area contributed by atoms with E-state index in [1.807, 2.05) is 39.0 Å². The van der Waals surface area contributed by atoms with Crippen LogP contribution in [0.2, 0.25) is 0 Å². The van der Waals surface area contributed by atoms with Crippen LogP contribution in [0.1, 0.15) is 32.3 Å². The number of benzene rings is 1. The summed E-state index contributed by atoms with van der Waals surface area (Å²) >= 11 is 1.41. The smallest absolute Gasteiger partial charge is 0.229 e. The van der Waals surface area contributed by atoms with E-state index in [1.165, 1.54) is 16.9 Å². The second kappa shape index (κ2) is 6.61. The molecule has 0 spiro atoms. The van der Waals surface area contributed by atoms with E-state index in [9.17, 15) is 4.79 Å². The number of hydrogen-bond acceptors (Lipinski definition) is 4. The molecule has 0 saturated carbocycles. The van der Waals surface area contributed by atoms with Crippen molar-refractivity contribution in [1.82, 2.24) is 10.2 Å². The summed E-state index contributed by atoms with van der Waals surface area (Å²) in [6, 6.07) is 8.10. The second-order valence-electron chi connectivity index (χ2n) is 4.78. The van der Waals surface area contributed by atoms with Crippen molar-refractivity contribution >= 4 is 22.4 Å². The van der Waals surface area contributed by atoms with Gasteiger partial charge in [-0.3, -0.25) is 4.79 Å². The van der Waals surface area contributed by atoms with Crippen molar-refractivity contribution < 1.29 is 4.79 Å². The van der Waals surface area contributed by atoms with Crippen LogP contribution in [0.15, 0.2) is 24.3 Å². The van der Waals surface area contributed by atoms with Gasteiger partial charge < -0.3 is 5.32 Å². The highest BCUT2D eigenvalue weighted by molar-refractivity contribution is 7.18. The first-order valence-corrected chi connectivity index (χ1v) is 7.67. The molecule has 1 aromatic heterocycles. The van der Waals surface area contributed by atoms with Gasteiger partial charge >= 0.3 is 0 Å². The Morgan fingerprint density at radius 1 is 1.30 bits per heavy atom. The molecule has 2 aromatic rings. The largest absolute Gasteiger partial charge is 0.300 e. The summed E-state index contributed by atoms with van der Waals surface area (Å²) in [6.45, 7) is 6.08. The summed E-state index contributed by atoms with van der Waals surface area (Å²) in [7, 11) is 0. The fourth-order valence-corrected chi connectivity index (χ4v) is 2.78. The van der Waals surface area contributed by atoms with Crippen LogP contribution in [0, 0.1) is 12.8 Å². The van der Waals surface area contributed by atoms with Crippen molar-refractivity contribution in [3.63, 3.8) is 0 Å². The van der Waals surface area contributed by atoms with Crippen molar-refractivity contribution in [2.75, 3.05) is 5.32 Å². The summed E-state index contributed by atoms with van der Waals surface area (Å²) in [5, 5.41) is 12.4. The Kier molecular flexibility index (Phi) is 4.84. The summed E-state index contributed by atoms with van der Waals surface area (Å²) in [4.78, 5) is 12.0. The molecule has 1 N–H and O–H groups in total. The molecule has 0 unspecified atom stereocenters. The second-order valence-corrected chi connectivity index (χ2v) is 5.76. The molecular weight excluding hydrogens is 270 g/mol. The molecule has 2 rings (SSSR count). The maximum atomic E-state index is 12.0. The number of nitrogens with zero attached hydrogens (tertiary/aromatic N) is 2. The van der Waals surface area contributed by atoms with Gasteiger partial charge in [0, 0.05) is 11.5 Å². The van der Waals surface area contributed by atoms with E-state index >= 15 is 0 Å². The molecule has 1 aromatic carbocycles. The van der Waals surface area contributed by atoms with Crippen molar-refractivity contribution in [3.05, 3.63) is 29.8 Å². The average Bonchev–Trinajstić information content (AvgIpc) is 2.88. The van der Waals surface area contributed by atoms with E-state index in [1.54, 1.807) is 0 Å². The molecule has 0 saturated heterocycles. The number of amides is 1. The predicted octanol–water partition coefficient (Wildman–Crippen LogP) is 3.89. The van der Waals surface area contributed by atoms with Crippen molar-refractivity contribution in [2.45, 2.75) is 33.6 Å². The van der Waals surface area contributed by atoms with Gasteiger partial charge in [-0.05, 0) is 25.8 Å². The molecule has 1 heterocycles. The third-order valence-electron chi connectivity index (χ3n) is 3.28. The first kappa shape index (κ1) is 14.7. The Morgan fingerprint density at radius 3 is 2.70 bits per heavy atom. The number of nitrogens with one attached hydrogen (secondary N) is 1. The molecule has 0 atom stereocenters. The molecule has 0 aliphatic heterocycles. The third-order valence-corrected chi connectivity index (χ3v) is 4.16. The number of aryl methyl sites for hydroxylation is 1. The van der Waals surface area contributed by atoms with E-state index < -0.39 is 0 Å². The summed E-state index contributed by atoms with van der Waals surface area (Å²) < 4.78 is 0. The lowest BCUT2D eigenvalue weighted by Gasteiger charge is -2.09. The summed E-state index contributed by atoms with van der Waals surface area (Å²) in [5.41, 5.74) is 2.21. The van der Waals surface area contributed by atoms with Crippen molar-refractivity contribution in [3.8, 4) is 10.6 Å². The van der Waals surface area contributed by atoms with Crippen LogP contribution in [-0.4, -0.2) is 16.1 Å². The van der Waals surface area contributed by atoms with Gasteiger partial charge in [0.2, 0.25) is 11.0 Å². The monoisotopic (exact) mass is 289 g/mol. The molecule has 0 fully saturated rings. The maximum absolute atomic E-state index is 12.0. The van der Waals surface area contributed by atoms with Crippen LogP contribution in [-0.2, 0) is 4.79 Å². The van der Waals surface area contributed by atoms with E-state index in [0.29, 0.717) is 5.13 Å². The fraction of sp³-hybridized carbons (Fsp3) is 0.400. The lowest BCUT2D eigenvalue weighted by molar-refractivity contribution is -0.120. The van der Waals surface area contributed by atoms with Crippen LogP contribution in [0.4, 0.5) is 5.13 Å². The highest BCUT2D eigenvalue weighted by Crippen LogP contribution is 2.27. The zero-order valence-electron chi connectivity index (χ0n) is 12.0. The molecule has 4 nitrogen and oxygen atoms in total. The van der Waals surface area contributed by atoms with Gasteiger partial charge in [-0.15, -0.1) is 10.2 Å². The van der Waals surface area contributed by atoms with E-state index in [4.69, 9.17) is 0 Å². The molecule has 0 radical (unpaired) electrons. The van der Waals surface area contributed by atoms with E-state index in [-0.39, 0.29) is 11.8 Å². The molecule has 0 aliphatic rings.